The number of hydrogen-bond donors (Lipinski definition) is 0. The molecule has 1 heterocycles. The molecule has 0 amide bonds. The lowest BCUT2D eigenvalue weighted by Gasteiger charge is -2.23. The van der Waals surface area contributed by atoms with Crippen molar-refractivity contribution >= 4 is 31.2 Å². The van der Waals surface area contributed by atoms with Crippen molar-refractivity contribution in [1.82, 2.24) is 0 Å². The van der Waals surface area contributed by atoms with Gasteiger partial charge in [0.15, 0.2) is 12.2 Å². The topological polar surface area (TPSA) is 138 Å². The standard InChI is InChI=1S/C3H2F4O3S.C2HF3.C2H2F2O3S.CF4.O3S/c1-2(4)3(5,6)10-11(7,8)9;3-1-2(4)5;3-2(4)1-7-8(2,5)6;2-1(3,4)5;1-4(2)3/h1H2;1H;1H2;;. The molecule has 0 bridgehead atoms. The van der Waals surface area contributed by atoms with E-state index in [2.05, 4.69) is 8.37 Å². The van der Waals surface area contributed by atoms with E-state index >= 15 is 0 Å². The van der Waals surface area contributed by atoms with Crippen molar-refractivity contribution in [3.8, 4) is 0 Å². The fourth-order valence-electron chi connectivity index (χ4n) is 0.414. The van der Waals surface area contributed by atoms with Crippen LogP contribution >= 0.6 is 0 Å². The highest BCUT2D eigenvalue weighted by Gasteiger charge is 2.56. The molecule has 0 spiro atoms. The lowest BCUT2D eigenvalue weighted by Crippen LogP contribution is -2.46. The third kappa shape index (κ3) is 30.0. The van der Waals surface area contributed by atoms with Crippen molar-refractivity contribution in [1.29, 1.82) is 0 Å². The minimum absolute atomic E-state index is 0.750. The van der Waals surface area contributed by atoms with Crippen molar-refractivity contribution in [3.63, 3.8) is 0 Å². The largest absolute Gasteiger partial charge is 0.559 e. The fraction of sp³-hybridized carbons (Fsp3) is 0.500. The molecule has 1 rings (SSSR count). The molecule has 1 aliphatic rings. The van der Waals surface area contributed by atoms with E-state index in [9.17, 15) is 73.4 Å². The molecule has 33 heavy (non-hydrogen) atoms. The first kappa shape index (κ1) is 38.3. The summed E-state index contributed by atoms with van der Waals surface area (Å²) in [5.74, 6) is -2.39. The zero-order valence-corrected chi connectivity index (χ0v) is 16.8. The van der Waals surface area contributed by atoms with E-state index in [1.807, 2.05) is 6.58 Å². The molecule has 1 fully saturated rings. The molecule has 200 valence electrons. The van der Waals surface area contributed by atoms with Gasteiger partial charge in [0.2, 0.25) is 0 Å². The van der Waals surface area contributed by atoms with Crippen molar-refractivity contribution < 1.29 is 94.4 Å². The summed E-state index contributed by atoms with van der Waals surface area (Å²) >= 11 is 0. The second-order valence-electron chi connectivity index (χ2n) is 3.78. The Morgan fingerprint density at radius 3 is 1.30 bits per heavy atom. The molecule has 0 unspecified atom stereocenters. The number of halogens is 13. The quantitative estimate of drug-likeness (QED) is 0.276. The summed E-state index contributed by atoms with van der Waals surface area (Å²) in [7, 11) is -13.5. The molecule has 0 radical (unpaired) electrons. The van der Waals surface area contributed by atoms with Crippen LogP contribution in [-0.2, 0) is 39.6 Å². The summed E-state index contributed by atoms with van der Waals surface area (Å²) in [5.41, 5.74) is 0. The summed E-state index contributed by atoms with van der Waals surface area (Å²) in [5, 5.41) is -3.63. The van der Waals surface area contributed by atoms with Crippen LogP contribution in [0.2, 0.25) is 0 Å². The fourth-order valence-corrected chi connectivity index (χ4v) is 1.24. The molecular formula is C8H5F13O9S3. The second kappa shape index (κ2) is 15.0. The second-order valence-corrected chi connectivity index (χ2v) is 6.89. The molecule has 1 aliphatic heterocycles. The summed E-state index contributed by atoms with van der Waals surface area (Å²) in [6.07, 6.45) is -13.4. The lowest BCUT2D eigenvalue weighted by molar-refractivity contribution is -0.237. The first-order valence-electron chi connectivity index (χ1n) is 5.89. The first-order chi connectivity index (χ1) is 14.1. The minimum Gasteiger partial charge on any atom is -0.258 e. The summed E-state index contributed by atoms with van der Waals surface area (Å²) in [4.78, 5) is 0. The Labute approximate surface area is 175 Å². The van der Waals surface area contributed by atoms with Crippen LogP contribution < -0.4 is 0 Å². The molecule has 1 saturated heterocycles. The van der Waals surface area contributed by atoms with Gasteiger partial charge in [0.1, 0.15) is 6.61 Å². The highest BCUT2D eigenvalue weighted by Crippen LogP contribution is 2.32. The van der Waals surface area contributed by atoms with Crippen LogP contribution in [-0.4, -0.2) is 53.9 Å². The van der Waals surface area contributed by atoms with Crippen molar-refractivity contribution in [3.05, 3.63) is 24.8 Å². The Bertz CT molecular complexity index is 935. The van der Waals surface area contributed by atoms with Gasteiger partial charge in [-0.25, -0.2) is 8.78 Å². The summed E-state index contributed by atoms with van der Waals surface area (Å²) in [6.45, 7) is 1.03. The highest BCUT2D eigenvalue weighted by molar-refractivity contribution is 7.89. The molecular weight excluding hydrogens is 583 g/mol. The number of rotatable bonds is 3. The molecule has 9 nitrogen and oxygen atoms in total. The third-order valence-electron chi connectivity index (χ3n) is 1.35. The molecule has 0 saturated carbocycles. The normalized spacial score (nSPS) is 15.5. The minimum atomic E-state index is -5.88. The maximum Gasteiger partial charge on any atom is 0.559 e. The van der Waals surface area contributed by atoms with Gasteiger partial charge in [-0.3, -0.25) is 4.18 Å². The number of hydrogen-bond acceptors (Lipinski definition) is 9. The van der Waals surface area contributed by atoms with Crippen LogP contribution in [0.3, 0.4) is 0 Å². The van der Waals surface area contributed by atoms with Gasteiger partial charge >= 0.3 is 49.0 Å². The summed E-state index contributed by atoms with van der Waals surface area (Å²) < 4.78 is 208. The van der Waals surface area contributed by atoms with E-state index in [1.54, 1.807) is 0 Å². The van der Waals surface area contributed by atoms with Gasteiger partial charge < -0.3 is 0 Å². The van der Waals surface area contributed by atoms with Crippen LogP contribution in [0.25, 0.3) is 0 Å². The van der Waals surface area contributed by atoms with Crippen LogP contribution in [0.15, 0.2) is 24.8 Å². The lowest BCUT2D eigenvalue weighted by atomic mass is 10.6. The summed E-state index contributed by atoms with van der Waals surface area (Å²) in [6, 6.07) is 0. The van der Waals surface area contributed by atoms with Crippen molar-refractivity contribution in [2.75, 3.05) is 6.61 Å². The van der Waals surface area contributed by atoms with Crippen LogP contribution in [0.1, 0.15) is 0 Å². The van der Waals surface area contributed by atoms with Gasteiger partial charge in [0.05, 0.1) is 0 Å². The zero-order chi connectivity index (χ0) is 28.1. The number of alkyl halides is 8. The van der Waals surface area contributed by atoms with Crippen LogP contribution in [0.5, 0.6) is 0 Å². The van der Waals surface area contributed by atoms with Gasteiger partial charge in [-0.05, 0) is 0 Å². The van der Waals surface area contributed by atoms with Crippen LogP contribution in [0.4, 0.5) is 56.6 Å². The predicted octanol–water partition coefficient (Wildman–Crippen LogP) is 3.40. The maximum absolute atomic E-state index is 11.7. The Kier molecular flexibility index (Phi) is 17.4. The Balaban J connectivity index is -0.000000169. The third-order valence-corrected chi connectivity index (χ3v) is 3.04. The Morgan fingerprint density at radius 2 is 1.27 bits per heavy atom. The van der Waals surface area contributed by atoms with Gasteiger partial charge in [0.25, 0.3) is 6.08 Å². The van der Waals surface area contributed by atoms with Gasteiger partial charge in [-0.15, -0.1) is 30.2 Å². The molecule has 0 N–H and O–H groups in total. The van der Waals surface area contributed by atoms with E-state index in [1.165, 1.54) is 0 Å². The first-order valence-corrected chi connectivity index (χ1v) is 9.61. The zero-order valence-electron chi connectivity index (χ0n) is 14.3. The Hall–Kier alpha value is -1.99. The van der Waals surface area contributed by atoms with E-state index < -0.39 is 73.9 Å². The molecule has 0 aromatic rings. The highest BCUT2D eigenvalue weighted by atomic mass is 32.3. The van der Waals surface area contributed by atoms with Gasteiger partial charge in [-0.1, -0.05) is 10.5 Å². The van der Waals surface area contributed by atoms with E-state index in [0.717, 1.165) is 0 Å². The monoisotopic (exact) mass is 588 g/mol. The molecule has 0 aromatic heterocycles. The molecule has 0 atom stereocenters. The molecule has 0 aromatic carbocycles. The van der Waals surface area contributed by atoms with E-state index in [-0.39, 0.29) is 0 Å². The predicted molar refractivity (Wildman–Crippen MR) is 74.4 cm³/mol. The van der Waals surface area contributed by atoms with E-state index in [4.69, 9.17) is 12.6 Å². The van der Waals surface area contributed by atoms with Crippen LogP contribution in [0, 0.1) is 0 Å². The van der Waals surface area contributed by atoms with Crippen molar-refractivity contribution in [2.24, 2.45) is 0 Å². The van der Waals surface area contributed by atoms with Gasteiger partial charge in [0, 0.05) is 0 Å². The molecule has 25 heteroatoms. The average Bonchev–Trinajstić information content (AvgIpc) is 2.50. The van der Waals surface area contributed by atoms with Crippen molar-refractivity contribution in [2.45, 2.75) is 17.8 Å². The SMILES string of the molecule is C=C(F)C(F)(F)OS(=O)(=O)F.FC(F)(F)F.FC=C(F)F.O=S(=O)=O.O=S1(=O)OCC1(F)F. The average molecular weight is 588 g/mol. The maximum atomic E-state index is 11.7. The Morgan fingerprint density at radius 1 is 1.03 bits per heavy atom. The molecule has 0 aliphatic carbocycles. The van der Waals surface area contributed by atoms with Gasteiger partial charge in [-0.2, -0.15) is 47.4 Å². The smallest absolute Gasteiger partial charge is 0.258 e. The van der Waals surface area contributed by atoms with E-state index in [0.29, 0.717) is 0 Å².